The molecule has 1 aromatic carbocycles. The Balaban J connectivity index is 1.61. The average molecular weight is 459 g/mol. The predicted molar refractivity (Wildman–Crippen MR) is 127 cm³/mol. The highest BCUT2D eigenvalue weighted by Crippen LogP contribution is 2.34. The zero-order chi connectivity index (χ0) is 23.8. The van der Waals surface area contributed by atoms with Gasteiger partial charge in [0.1, 0.15) is 0 Å². The second-order valence-corrected chi connectivity index (χ2v) is 9.24. The van der Waals surface area contributed by atoms with Gasteiger partial charge in [-0.15, -0.1) is 0 Å². The summed E-state index contributed by atoms with van der Waals surface area (Å²) in [5.74, 6) is -0.670. The van der Waals surface area contributed by atoms with Gasteiger partial charge in [0.2, 0.25) is 0 Å². The van der Waals surface area contributed by atoms with Crippen LogP contribution in [0.4, 0.5) is 4.79 Å². The van der Waals surface area contributed by atoms with Crippen LogP contribution in [0.2, 0.25) is 0 Å². The molecule has 0 bridgehead atoms. The third kappa shape index (κ3) is 6.69. The van der Waals surface area contributed by atoms with Crippen molar-refractivity contribution in [1.82, 2.24) is 20.4 Å². The van der Waals surface area contributed by atoms with Gasteiger partial charge in [0.25, 0.3) is 0 Å². The van der Waals surface area contributed by atoms with Gasteiger partial charge in [-0.05, 0) is 56.9 Å². The summed E-state index contributed by atoms with van der Waals surface area (Å²) in [4.78, 5) is 40.2. The molecule has 0 aromatic heterocycles. The van der Waals surface area contributed by atoms with E-state index < -0.39 is 11.8 Å². The van der Waals surface area contributed by atoms with E-state index in [-0.39, 0.29) is 24.2 Å². The molecule has 1 heterocycles. The van der Waals surface area contributed by atoms with Gasteiger partial charge in [-0.25, -0.2) is 4.79 Å². The average Bonchev–Trinajstić information content (AvgIpc) is 2.83. The van der Waals surface area contributed by atoms with Crippen LogP contribution in [0.25, 0.3) is 0 Å². The first-order chi connectivity index (χ1) is 15.9. The lowest BCUT2D eigenvalue weighted by Gasteiger charge is -2.42. The fourth-order valence-corrected chi connectivity index (χ4v) is 4.89. The first kappa shape index (κ1) is 25.0. The summed E-state index contributed by atoms with van der Waals surface area (Å²) in [6.45, 7) is 3.36. The monoisotopic (exact) mass is 458 g/mol. The number of nitrogens with zero attached hydrogens (tertiary/aromatic N) is 2. The summed E-state index contributed by atoms with van der Waals surface area (Å²) in [6.07, 6.45) is 5.72. The molecule has 3 rings (SSSR count). The minimum Gasteiger partial charge on any atom is -0.376 e. The van der Waals surface area contributed by atoms with E-state index >= 15 is 0 Å². The lowest BCUT2D eigenvalue weighted by Crippen LogP contribution is -2.62. The van der Waals surface area contributed by atoms with Crippen LogP contribution in [0.3, 0.4) is 0 Å². The molecule has 1 saturated carbocycles. The Bertz CT molecular complexity index is 793. The van der Waals surface area contributed by atoms with E-state index in [0.717, 1.165) is 32.1 Å². The highest BCUT2D eigenvalue weighted by atomic mass is 16.5. The topological polar surface area (TPSA) is 91.0 Å². The summed E-state index contributed by atoms with van der Waals surface area (Å²) in [7, 11) is 3.10. The molecule has 2 aliphatic rings. The van der Waals surface area contributed by atoms with E-state index in [1.54, 1.807) is 19.0 Å². The molecule has 1 aliphatic carbocycles. The summed E-state index contributed by atoms with van der Waals surface area (Å²) >= 11 is 0. The molecule has 2 unspecified atom stereocenters. The number of rotatable bonds is 6. The van der Waals surface area contributed by atoms with Crippen molar-refractivity contribution >= 4 is 17.8 Å². The molecule has 4 amide bonds. The number of nitrogens with one attached hydrogen (secondary N) is 2. The Morgan fingerprint density at radius 1 is 1.06 bits per heavy atom. The van der Waals surface area contributed by atoms with Crippen LogP contribution < -0.4 is 10.6 Å². The van der Waals surface area contributed by atoms with Crippen LogP contribution in [0.15, 0.2) is 30.3 Å². The number of benzene rings is 1. The van der Waals surface area contributed by atoms with Crippen LogP contribution in [-0.4, -0.2) is 79.6 Å². The van der Waals surface area contributed by atoms with Gasteiger partial charge < -0.3 is 25.2 Å². The summed E-state index contributed by atoms with van der Waals surface area (Å²) in [6, 6.07) is 9.83. The Kier molecular flexibility index (Phi) is 9.11. The van der Waals surface area contributed by atoms with Gasteiger partial charge in [-0.1, -0.05) is 30.3 Å². The maximum atomic E-state index is 12.7. The largest absolute Gasteiger partial charge is 0.376 e. The molecular weight excluding hydrogens is 420 g/mol. The van der Waals surface area contributed by atoms with E-state index in [0.29, 0.717) is 32.0 Å². The molecule has 8 heteroatoms. The number of amides is 4. The van der Waals surface area contributed by atoms with Gasteiger partial charge >= 0.3 is 17.8 Å². The second kappa shape index (κ2) is 12.0. The maximum absolute atomic E-state index is 12.7. The zero-order valence-electron chi connectivity index (χ0n) is 20.1. The molecule has 1 aliphatic heterocycles. The quantitative estimate of drug-likeness (QED) is 0.641. The van der Waals surface area contributed by atoms with Crippen molar-refractivity contribution in [3.63, 3.8) is 0 Å². The predicted octanol–water partition coefficient (Wildman–Crippen LogP) is 2.50. The number of hydrogen-bond acceptors (Lipinski definition) is 4. The Morgan fingerprint density at radius 3 is 2.39 bits per heavy atom. The highest BCUT2D eigenvalue weighted by Gasteiger charge is 2.37. The third-order valence-corrected chi connectivity index (χ3v) is 6.73. The van der Waals surface area contributed by atoms with E-state index in [4.69, 9.17) is 4.74 Å². The zero-order valence-corrected chi connectivity index (χ0v) is 20.1. The first-order valence-electron chi connectivity index (χ1n) is 12.1. The number of hydrogen-bond donors (Lipinski definition) is 2. The molecule has 2 N–H and O–H groups in total. The standard InChI is InChI=1S/C25H38N4O4/c1-4-26-25(32)29-16-8-11-21(27-23(30)24(31)28(2)3)22(29)17-33-20-14-12-19(13-15-20)18-9-6-5-7-10-18/h5-7,9-10,19-22H,4,8,11-17H2,1-3H3,(H,26,32)(H,27,30). The van der Waals surface area contributed by atoms with Crippen LogP contribution >= 0.6 is 0 Å². The number of carbonyl (C=O) groups excluding carboxylic acids is 3. The molecule has 0 radical (unpaired) electrons. The molecular formula is C25H38N4O4. The van der Waals surface area contributed by atoms with Crippen LogP contribution in [0.5, 0.6) is 0 Å². The van der Waals surface area contributed by atoms with Gasteiger partial charge in [0, 0.05) is 27.2 Å². The van der Waals surface area contributed by atoms with Gasteiger partial charge in [-0.2, -0.15) is 0 Å². The third-order valence-electron chi connectivity index (χ3n) is 6.73. The minimum absolute atomic E-state index is 0.141. The summed E-state index contributed by atoms with van der Waals surface area (Å²) in [5.41, 5.74) is 1.39. The summed E-state index contributed by atoms with van der Waals surface area (Å²) < 4.78 is 6.32. The molecule has 2 fully saturated rings. The molecule has 33 heavy (non-hydrogen) atoms. The first-order valence-corrected chi connectivity index (χ1v) is 12.1. The lowest BCUT2D eigenvalue weighted by molar-refractivity contribution is -0.145. The van der Waals surface area contributed by atoms with E-state index in [2.05, 4.69) is 34.9 Å². The van der Waals surface area contributed by atoms with E-state index in [1.807, 2.05) is 13.0 Å². The number of likely N-dealkylation sites (N-methyl/N-ethyl adjacent to an activating group) is 1. The molecule has 8 nitrogen and oxygen atoms in total. The van der Waals surface area contributed by atoms with Crippen molar-refractivity contribution in [2.75, 3.05) is 33.8 Å². The number of likely N-dealkylation sites (tertiary alicyclic amines) is 1. The SMILES string of the molecule is CCNC(=O)N1CCCC(NC(=O)C(=O)N(C)C)C1COC1CCC(c2ccccc2)CC1. The lowest BCUT2D eigenvalue weighted by atomic mass is 9.83. The van der Waals surface area contributed by atoms with Gasteiger partial charge in [0.15, 0.2) is 0 Å². The van der Waals surface area contributed by atoms with Gasteiger partial charge in [0.05, 0.1) is 24.8 Å². The number of carbonyl (C=O) groups is 3. The summed E-state index contributed by atoms with van der Waals surface area (Å²) in [5, 5.41) is 5.73. The maximum Gasteiger partial charge on any atom is 0.317 e. The Labute approximate surface area is 197 Å². The fraction of sp³-hybridized carbons (Fsp3) is 0.640. The highest BCUT2D eigenvalue weighted by molar-refractivity contribution is 6.34. The normalized spacial score (nSPS) is 25.2. The Morgan fingerprint density at radius 2 is 1.76 bits per heavy atom. The minimum atomic E-state index is -0.642. The van der Waals surface area contributed by atoms with Gasteiger partial charge in [-0.3, -0.25) is 9.59 Å². The van der Waals surface area contributed by atoms with Crippen molar-refractivity contribution in [2.24, 2.45) is 0 Å². The van der Waals surface area contributed by atoms with Crippen molar-refractivity contribution < 1.29 is 19.1 Å². The van der Waals surface area contributed by atoms with Crippen molar-refractivity contribution in [1.29, 1.82) is 0 Å². The molecule has 1 saturated heterocycles. The van der Waals surface area contributed by atoms with Crippen LogP contribution in [0.1, 0.15) is 56.9 Å². The number of ether oxygens (including phenoxy) is 1. The number of piperidine rings is 1. The smallest absolute Gasteiger partial charge is 0.317 e. The molecule has 2 atom stereocenters. The van der Waals surface area contributed by atoms with Crippen LogP contribution in [-0.2, 0) is 14.3 Å². The number of urea groups is 1. The second-order valence-electron chi connectivity index (χ2n) is 9.24. The van der Waals surface area contributed by atoms with E-state index in [9.17, 15) is 14.4 Å². The fourth-order valence-electron chi connectivity index (χ4n) is 4.89. The van der Waals surface area contributed by atoms with E-state index in [1.165, 1.54) is 10.5 Å². The Hall–Kier alpha value is -2.61. The molecule has 1 aromatic rings. The van der Waals surface area contributed by atoms with Crippen molar-refractivity contribution in [2.45, 2.75) is 69.6 Å². The van der Waals surface area contributed by atoms with Crippen LogP contribution in [0, 0.1) is 0 Å². The molecule has 0 spiro atoms. The van der Waals surface area contributed by atoms with Crippen molar-refractivity contribution in [3.8, 4) is 0 Å². The van der Waals surface area contributed by atoms with Crippen molar-refractivity contribution in [3.05, 3.63) is 35.9 Å². The molecule has 182 valence electrons.